The third kappa shape index (κ3) is 6.87. The molecule has 4 aromatic rings. The Hall–Kier alpha value is -3.88. The van der Waals surface area contributed by atoms with E-state index in [0.717, 1.165) is 62.1 Å². The first-order chi connectivity index (χ1) is 18.3. The zero-order valence-corrected chi connectivity index (χ0v) is 21.2. The summed E-state index contributed by atoms with van der Waals surface area (Å²) in [4.78, 5) is 13.3. The molecule has 5 rings (SSSR count). The zero-order chi connectivity index (χ0) is 25.3. The lowest BCUT2D eigenvalue weighted by atomic mass is 10.1. The van der Waals surface area contributed by atoms with Gasteiger partial charge in [0, 0.05) is 68.8 Å². The fourth-order valence-corrected chi connectivity index (χ4v) is 4.46. The molecule has 0 N–H and O–H groups in total. The van der Waals surface area contributed by atoms with E-state index in [2.05, 4.69) is 56.2 Å². The molecule has 8 nitrogen and oxygen atoms in total. The number of hydrogen-bond acceptors (Lipinski definition) is 7. The summed E-state index contributed by atoms with van der Waals surface area (Å²) in [5.74, 6) is 1.48. The van der Waals surface area contributed by atoms with Crippen molar-refractivity contribution in [3.05, 3.63) is 96.7 Å². The summed E-state index contributed by atoms with van der Waals surface area (Å²) in [6.07, 6.45) is 7.38. The Morgan fingerprint density at radius 2 is 1.76 bits per heavy atom. The van der Waals surface area contributed by atoms with Crippen molar-refractivity contribution < 1.29 is 14.2 Å². The van der Waals surface area contributed by atoms with E-state index >= 15 is 0 Å². The fraction of sp³-hybridized carbons (Fsp3) is 0.310. The van der Waals surface area contributed by atoms with E-state index in [1.807, 2.05) is 47.6 Å². The molecule has 0 aliphatic carbocycles. The van der Waals surface area contributed by atoms with Gasteiger partial charge in [-0.25, -0.2) is 9.97 Å². The van der Waals surface area contributed by atoms with Gasteiger partial charge in [0.2, 0.25) is 5.88 Å². The lowest BCUT2D eigenvalue weighted by molar-refractivity contribution is 0.0320. The number of aromatic nitrogens is 3. The molecular weight excluding hydrogens is 466 g/mol. The number of morpholine rings is 1. The molecule has 1 aliphatic rings. The molecule has 0 radical (unpaired) electrons. The lowest BCUT2D eigenvalue weighted by Crippen LogP contribution is -2.38. The van der Waals surface area contributed by atoms with E-state index in [1.54, 1.807) is 13.3 Å². The SMILES string of the molecule is COc1cccc(CN(Cc2cccc(-n3ccnc3)c2)c2ccnc(OCCN3CCOCC3)c2)c1. The van der Waals surface area contributed by atoms with E-state index < -0.39 is 0 Å². The van der Waals surface area contributed by atoms with Crippen LogP contribution in [0.4, 0.5) is 5.69 Å². The number of methoxy groups -OCH3 is 1. The van der Waals surface area contributed by atoms with Gasteiger partial charge in [0.05, 0.1) is 26.7 Å². The Labute approximate surface area is 218 Å². The van der Waals surface area contributed by atoms with Crippen molar-refractivity contribution in [1.29, 1.82) is 0 Å². The maximum Gasteiger partial charge on any atom is 0.215 e. The van der Waals surface area contributed by atoms with E-state index in [1.165, 1.54) is 5.56 Å². The van der Waals surface area contributed by atoms with Gasteiger partial charge in [0.25, 0.3) is 0 Å². The second kappa shape index (κ2) is 12.4. The molecular formula is C29H33N5O3. The van der Waals surface area contributed by atoms with Crippen molar-refractivity contribution in [2.24, 2.45) is 0 Å². The average Bonchev–Trinajstić information content (AvgIpc) is 3.49. The summed E-state index contributed by atoms with van der Waals surface area (Å²) in [6.45, 7) is 6.36. The Bertz CT molecular complexity index is 1260. The monoisotopic (exact) mass is 499 g/mol. The Kier molecular flexibility index (Phi) is 8.30. The molecule has 1 aliphatic heterocycles. The maximum atomic E-state index is 6.05. The minimum absolute atomic E-state index is 0.597. The standard InChI is InChI=1S/C29H33N5O3/c1-35-28-7-3-5-25(19-28)22-34(21-24-4-2-6-26(18-24)33-11-10-30-23-33)27-8-9-31-29(20-27)37-17-14-32-12-15-36-16-13-32/h2-11,18-20,23H,12-17,21-22H2,1H3. The summed E-state index contributed by atoms with van der Waals surface area (Å²) in [6, 6.07) is 20.8. The normalized spacial score (nSPS) is 13.9. The van der Waals surface area contributed by atoms with Gasteiger partial charge >= 0.3 is 0 Å². The molecule has 8 heteroatoms. The molecule has 37 heavy (non-hydrogen) atoms. The minimum Gasteiger partial charge on any atom is -0.497 e. The van der Waals surface area contributed by atoms with Crippen molar-refractivity contribution in [1.82, 2.24) is 19.4 Å². The molecule has 0 spiro atoms. The van der Waals surface area contributed by atoms with Crippen molar-refractivity contribution in [2.45, 2.75) is 13.1 Å². The number of imidazole rings is 1. The van der Waals surface area contributed by atoms with Crippen LogP contribution in [0.15, 0.2) is 85.6 Å². The Morgan fingerprint density at radius 1 is 0.946 bits per heavy atom. The number of anilines is 1. The van der Waals surface area contributed by atoms with Gasteiger partial charge in [-0.1, -0.05) is 24.3 Å². The molecule has 2 aromatic carbocycles. The van der Waals surface area contributed by atoms with E-state index in [0.29, 0.717) is 19.0 Å². The highest BCUT2D eigenvalue weighted by Gasteiger charge is 2.13. The highest BCUT2D eigenvalue weighted by molar-refractivity contribution is 5.50. The highest BCUT2D eigenvalue weighted by Crippen LogP contribution is 2.25. The number of hydrogen-bond donors (Lipinski definition) is 0. The Balaban J connectivity index is 1.35. The van der Waals surface area contributed by atoms with Crippen molar-refractivity contribution in [3.63, 3.8) is 0 Å². The van der Waals surface area contributed by atoms with Gasteiger partial charge in [-0.15, -0.1) is 0 Å². The predicted octanol–water partition coefficient (Wildman–Crippen LogP) is 4.19. The minimum atomic E-state index is 0.597. The molecule has 3 heterocycles. The van der Waals surface area contributed by atoms with E-state index in [9.17, 15) is 0 Å². The molecule has 0 saturated carbocycles. The van der Waals surface area contributed by atoms with Crippen LogP contribution in [-0.4, -0.2) is 66.0 Å². The van der Waals surface area contributed by atoms with Crippen LogP contribution in [0.1, 0.15) is 11.1 Å². The number of ether oxygens (including phenoxy) is 3. The first kappa shape index (κ1) is 24.8. The molecule has 1 fully saturated rings. The first-order valence-corrected chi connectivity index (χ1v) is 12.6. The highest BCUT2D eigenvalue weighted by atomic mass is 16.5. The lowest BCUT2D eigenvalue weighted by Gasteiger charge is -2.27. The number of nitrogens with zero attached hydrogens (tertiary/aromatic N) is 5. The van der Waals surface area contributed by atoms with Crippen LogP contribution in [0.5, 0.6) is 11.6 Å². The smallest absolute Gasteiger partial charge is 0.215 e. The van der Waals surface area contributed by atoms with Crippen LogP contribution in [0.25, 0.3) is 5.69 Å². The van der Waals surface area contributed by atoms with Crippen molar-refractivity contribution in [2.75, 3.05) is 51.5 Å². The molecule has 0 amide bonds. The molecule has 0 unspecified atom stereocenters. The maximum absolute atomic E-state index is 6.05. The van der Waals surface area contributed by atoms with E-state index in [4.69, 9.17) is 14.2 Å². The first-order valence-electron chi connectivity index (χ1n) is 12.6. The summed E-state index contributed by atoms with van der Waals surface area (Å²) in [5.41, 5.74) is 4.49. The van der Waals surface area contributed by atoms with Gasteiger partial charge in [-0.2, -0.15) is 0 Å². The molecule has 2 aromatic heterocycles. The van der Waals surface area contributed by atoms with Gasteiger partial charge < -0.3 is 23.7 Å². The second-order valence-corrected chi connectivity index (χ2v) is 9.00. The van der Waals surface area contributed by atoms with Crippen LogP contribution >= 0.6 is 0 Å². The molecule has 192 valence electrons. The third-order valence-corrected chi connectivity index (χ3v) is 6.44. The van der Waals surface area contributed by atoms with Gasteiger partial charge in [-0.05, 0) is 41.5 Å². The van der Waals surface area contributed by atoms with E-state index in [-0.39, 0.29) is 0 Å². The quantitative estimate of drug-likeness (QED) is 0.307. The summed E-state index contributed by atoms with van der Waals surface area (Å²) in [5, 5.41) is 0. The largest absolute Gasteiger partial charge is 0.497 e. The molecule has 1 saturated heterocycles. The van der Waals surface area contributed by atoms with Crippen LogP contribution in [-0.2, 0) is 17.8 Å². The van der Waals surface area contributed by atoms with Gasteiger partial charge in [0.15, 0.2) is 0 Å². The zero-order valence-electron chi connectivity index (χ0n) is 21.2. The molecule has 0 bridgehead atoms. The van der Waals surface area contributed by atoms with Crippen LogP contribution in [0.3, 0.4) is 0 Å². The summed E-state index contributed by atoms with van der Waals surface area (Å²) >= 11 is 0. The van der Waals surface area contributed by atoms with Gasteiger partial charge in [-0.3, -0.25) is 4.90 Å². The number of rotatable bonds is 11. The predicted molar refractivity (Wildman–Crippen MR) is 143 cm³/mol. The van der Waals surface area contributed by atoms with Gasteiger partial charge in [0.1, 0.15) is 12.4 Å². The third-order valence-electron chi connectivity index (χ3n) is 6.44. The second-order valence-electron chi connectivity index (χ2n) is 9.00. The van der Waals surface area contributed by atoms with Crippen molar-refractivity contribution in [3.8, 4) is 17.3 Å². The van der Waals surface area contributed by atoms with Crippen LogP contribution < -0.4 is 14.4 Å². The number of benzene rings is 2. The topological polar surface area (TPSA) is 64.9 Å². The summed E-state index contributed by atoms with van der Waals surface area (Å²) < 4.78 is 19.0. The fourth-order valence-electron chi connectivity index (χ4n) is 4.46. The van der Waals surface area contributed by atoms with Crippen molar-refractivity contribution >= 4 is 5.69 Å². The summed E-state index contributed by atoms with van der Waals surface area (Å²) in [7, 11) is 1.70. The average molecular weight is 500 g/mol. The number of pyridine rings is 1. The van der Waals surface area contributed by atoms with Crippen LogP contribution in [0, 0.1) is 0 Å². The van der Waals surface area contributed by atoms with Crippen LogP contribution in [0.2, 0.25) is 0 Å². The molecule has 0 atom stereocenters. The Morgan fingerprint density at radius 3 is 2.54 bits per heavy atom.